The molecule has 0 spiro atoms. The topological polar surface area (TPSA) is 48.4 Å². The Labute approximate surface area is 135 Å². The smallest absolute Gasteiger partial charge is 0.311 e. The first kappa shape index (κ1) is 18.8. The van der Waals surface area contributed by atoms with Crippen LogP contribution in [0.3, 0.4) is 0 Å². The number of rotatable bonds is 7. The van der Waals surface area contributed by atoms with Gasteiger partial charge in [-0.15, -0.1) is 0 Å². The molecule has 0 unspecified atom stereocenters. The first-order valence-electron chi connectivity index (χ1n) is 7.80. The van der Waals surface area contributed by atoms with Crippen molar-refractivity contribution in [2.45, 2.75) is 58.2 Å². The van der Waals surface area contributed by atoms with Gasteiger partial charge in [0.1, 0.15) is 0 Å². The molecular weight excluding hydrogens is 294 g/mol. The number of carbonyl (C=O) groups is 1. The Morgan fingerprint density at radius 3 is 2.45 bits per heavy atom. The molecule has 1 rings (SSSR count). The van der Waals surface area contributed by atoms with E-state index in [-0.39, 0.29) is 17.4 Å². The predicted octanol–water partition coefficient (Wildman–Crippen LogP) is 3.75. The maximum Gasteiger partial charge on any atom is 0.311 e. The maximum absolute atomic E-state index is 11.2. The molecule has 0 fully saturated rings. The quantitative estimate of drug-likeness (QED) is 0.435. The fourth-order valence-corrected chi connectivity index (χ4v) is 2.84. The minimum absolute atomic E-state index is 0.227. The lowest BCUT2D eigenvalue weighted by atomic mass is 10.1. The summed E-state index contributed by atoms with van der Waals surface area (Å²) in [5.74, 6) is -0.261. The molecular formula is C17H29NO3Si. The van der Waals surface area contributed by atoms with Crippen LogP contribution in [0.2, 0.25) is 18.1 Å². The van der Waals surface area contributed by atoms with Gasteiger partial charge in [0, 0.05) is 12.8 Å². The number of esters is 1. The number of methoxy groups -OCH3 is 1. The van der Waals surface area contributed by atoms with Crippen LogP contribution in [0.15, 0.2) is 18.3 Å². The summed E-state index contributed by atoms with van der Waals surface area (Å²) in [6, 6.07) is 3.92. The number of hydrogen-bond acceptors (Lipinski definition) is 4. The number of pyridine rings is 1. The van der Waals surface area contributed by atoms with Crippen molar-refractivity contribution in [3.05, 3.63) is 29.6 Å². The number of carbonyl (C=O) groups excluding carboxylic acids is 1. The summed E-state index contributed by atoms with van der Waals surface area (Å²) in [6.07, 6.45) is 4.00. The van der Waals surface area contributed by atoms with Crippen LogP contribution < -0.4 is 0 Å². The van der Waals surface area contributed by atoms with Crippen molar-refractivity contribution >= 4 is 14.3 Å². The van der Waals surface area contributed by atoms with Gasteiger partial charge < -0.3 is 9.16 Å². The molecule has 0 saturated heterocycles. The van der Waals surface area contributed by atoms with E-state index in [1.165, 1.54) is 12.7 Å². The summed E-state index contributed by atoms with van der Waals surface area (Å²) >= 11 is 0. The van der Waals surface area contributed by atoms with Gasteiger partial charge in [0.2, 0.25) is 0 Å². The fraction of sp³-hybridized carbons (Fsp3) is 0.647. The molecule has 0 radical (unpaired) electrons. The Kier molecular flexibility index (Phi) is 6.75. The van der Waals surface area contributed by atoms with E-state index < -0.39 is 8.32 Å². The highest BCUT2D eigenvalue weighted by Gasteiger charge is 2.36. The minimum atomic E-state index is -1.64. The third-order valence-electron chi connectivity index (χ3n) is 4.32. The third kappa shape index (κ3) is 5.89. The molecule has 0 atom stereocenters. The fourth-order valence-electron chi connectivity index (χ4n) is 1.75. The number of aromatic nitrogens is 1. The Bertz CT molecular complexity index is 478. The number of ether oxygens (including phenoxy) is 1. The molecule has 0 aliphatic rings. The summed E-state index contributed by atoms with van der Waals surface area (Å²) < 4.78 is 10.8. The van der Waals surface area contributed by atoms with Crippen LogP contribution in [0.1, 0.15) is 38.4 Å². The maximum atomic E-state index is 11.2. The van der Waals surface area contributed by atoms with Crippen molar-refractivity contribution in [3.63, 3.8) is 0 Å². The van der Waals surface area contributed by atoms with Crippen molar-refractivity contribution < 1.29 is 14.0 Å². The molecule has 0 saturated carbocycles. The molecule has 0 amide bonds. The lowest BCUT2D eigenvalue weighted by molar-refractivity contribution is -0.139. The van der Waals surface area contributed by atoms with Gasteiger partial charge in [0.05, 0.1) is 19.2 Å². The second kappa shape index (κ2) is 7.88. The van der Waals surface area contributed by atoms with Gasteiger partial charge >= 0.3 is 5.97 Å². The normalized spacial score (nSPS) is 12.3. The second-order valence-electron chi connectivity index (χ2n) is 7.12. The number of aryl methyl sites for hydroxylation is 1. The highest BCUT2D eigenvalue weighted by molar-refractivity contribution is 6.74. The summed E-state index contributed by atoms with van der Waals surface area (Å²) in [4.78, 5) is 15.5. The molecule has 4 nitrogen and oxygen atoms in total. The second-order valence-corrected chi connectivity index (χ2v) is 11.9. The molecule has 0 bridgehead atoms. The average molecular weight is 324 g/mol. The zero-order chi connectivity index (χ0) is 16.8. The van der Waals surface area contributed by atoms with Gasteiger partial charge in [-0.05, 0) is 42.6 Å². The van der Waals surface area contributed by atoms with Crippen LogP contribution in [-0.2, 0) is 26.8 Å². The highest BCUT2D eigenvalue weighted by Crippen LogP contribution is 2.36. The Morgan fingerprint density at radius 2 is 1.95 bits per heavy atom. The number of nitrogens with zero attached hydrogens (tertiary/aromatic N) is 1. The van der Waals surface area contributed by atoms with E-state index in [1.54, 1.807) is 0 Å². The van der Waals surface area contributed by atoms with Gasteiger partial charge in [-0.3, -0.25) is 9.78 Å². The molecule has 1 heterocycles. The highest BCUT2D eigenvalue weighted by atomic mass is 28.4. The predicted molar refractivity (Wildman–Crippen MR) is 91.4 cm³/mol. The van der Waals surface area contributed by atoms with Gasteiger partial charge in [-0.1, -0.05) is 26.8 Å². The Balaban J connectivity index is 2.38. The summed E-state index contributed by atoms with van der Waals surface area (Å²) in [5.41, 5.74) is 1.92. The van der Waals surface area contributed by atoms with Gasteiger partial charge in [-0.25, -0.2) is 0 Å². The zero-order valence-corrected chi connectivity index (χ0v) is 15.7. The third-order valence-corrected chi connectivity index (χ3v) is 8.86. The van der Waals surface area contributed by atoms with Gasteiger partial charge in [0.15, 0.2) is 8.32 Å². The lowest BCUT2D eigenvalue weighted by Crippen LogP contribution is -2.41. The van der Waals surface area contributed by atoms with E-state index in [9.17, 15) is 4.79 Å². The van der Waals surface area contributed by atoms with E-state index in [0.717, 1.165) is 25.1 Å². The lowest BCUT2D eigenvalue weighted by Gasteiger charge is -2.36. The van der Waals surface area contributed by atoms with Crippen molar-refractivity contribution in [1.29, 1.82) is 0 Å². The van der Waals surface area contributed by atoms with Crippen LogP contribution in [0.5, 0.6) is 0 Å². The van der Waals surface area contributed by atoms with E-state index in [1.807, 2.05) is 18.3 Å². The van der Waals surface area contributed by atoms with E-state index in [0.29, 0.717) is 0 Å². The molecule has 1 aromatic heterocycles. The van der Waals surface area contributed by atoms with Crippen LogP contribution in [-0.4, -0.2) is 33.0 Å². The van der Waals surface area contributed by atoms with Crippen LogP contribution in [0.4, 0.5) is 0 Å². The Hall–Kier alpha value is -1.20. The van der Waals surface area contributed by atoms with Crippen LogP contribution in [0.25, 0.3) is 0 Å². The summed E-state index contributed by atoms with van der Waals surface area (Å²) in [6.45, 7) is 12.1. The van der Waals surface area contributed by atoms with Crippen LogP contribution >= 0.6 is 0 Å². The largest absolute Gasteiger partial charge is 0.469 e. The average Bonchev–Trinajstić information content (AvgIpc) is 2.44. The van der Waals surface area contributed by atoms with Crippen molar-refractivity contribution in [2.24, 2.45) is 0 Å². The van der Waals surface area contributed by atoms with E-state index in [4.69, 9.17) is 4.43 Å². The SMILES string of the molecule is COC(=O)Cc1ccc(CCCO[Si](C)(C)C(C)(C)C)cn1. The molecule has 0 aromatic carbocycles. The van der Waals surface area contributed by atoms with E-state index in [2.05, 4.69) is 43.6 Å². The van der Waals surface area contributed by atoms with Crippen molar-refractivity contribution in [3.8, 4) is 0 Å². The van der Waals surface area contributed by atoms with Gasteiger partial charge in [-0.2, -0.15) is 0 Å². The molecule has 124 valence electrons. The molecule has 22 heavy (non-hydrogen) atoms. The van der Waals surface area contributed by atoms with E-state index >= 15 is 0 Å². The monoisotopic (exact) mass is 323 g/mol. The standard InChI is InChI=1S/C17H29NO3Si/c1-17(2,3)22(5,6)21-11-7-8-14-9-10-15(18-13-14)12-16(19)20-4/h9-10,13H,7-8,11-12H2,1-6H3. The van der Waals surface area contributed by atoms with Gasteiger partial charge in [0.25, 0.3) is 0 Å². The molecule has 5 heteroatoms. The molecule has 0 aliphatic heterocycles. The van der Waals surface area contributed by atoms with Crippen molar-refractivity contribution in [2.75, 3.05) is 13.7 Å². The first-order chi connectivity index (χ1) is 10.2. The molecule has 0 aliphatic carbocycles. The summed E-state index contributed by atoms with van der Waals surface area (Å²) in [7, 11) is -0.254. The first-order valence-corrected chi connectivity index (χ1v) is 10.7. The zero-order valence-electron chi connectivity index (χ0n) is 14.7. The van der Waals surface area contributed by atoms with Crippen molar-refractivity contribution in [1.82, 2.24) is 4.98 Å². The summed E-state index contributed by atoms with van der Waals surface area (Å²) in [5, 5.41) is 0.254. The molecule has 0 N–H and O–H groups in total. The number of hydrogen-bond donors (Lipinski definition) is 0. The Morgan fingerprint density at radius 1 is 1.27 bits per heavy atom. The molecule has 1 aromatic rings. The van der Waals surface area contributed by atoms with Crippen LogP contribution in [0, 0.1) is 0 Å². The minimum Gasteiger partial charge on any atom is -0.469 e.